The summed E-state index contributed by atoms with van der Waals surface area (Å²) >= 11 is 0. The lowest BCUT2D eigenvalue weighted by Crippen LogP contribution is -2.46. The van der Waals surface area contributed by atoms with Crippen LogP contribution in [0.1, 0.15) is 57.8 Å². The molecule has 0 aliphatic carbocycles. The van der Waals surface area contributed by atoms with E-state index in [2.05, 4.69) is 59.0 Å². The van der Waals surface area contributed by atoms with E-state index in [9.17, 15) is 4.79 Å². The third kappa shape index (κ3) is 6.95. The first kappa shape index (κ1) is 31.0. The lowest BCUT2D eigenvalue weighted by Gasteiger charge is -2.38. The first-order chi connectivity index (χ1) is 19.8. The standard InChI is InChI=1S/C28H40N7O5P/c1-7-21-23(40-41(38-15-11-14-29)35(18(2)3)19(4)5)24(37-6)28(39-21)34-17-32-22-25(30-16-31-26(22)34)33-27(36)20-12-9-8-10-13-20/h8-10,12-13,16,18-19,21,23-24,28,32H,7,11,15,17H2,1-6H3,(H,30,31,33,36). The minimum atomic E-state index is -1.50. The molecule has 1 amide bonds. The number of anilines is 3. The zero-order chi connectivity index (χ0) is 29.5. The van der Waals surface area contributed by atoms with Crippen molar-refractivity contribution in [3.05, 3.63) is 42.2 Å². The van der Waals surface area contributed by atoms with Gasteiger partial charge in [-0.25, -0.2) is 14.6 Å². The van der Waals surface area contributed by atoms with E-state index < -0.39 is 27.0 Å². The van der Waals surface area contributed by atoms with Crippen LogP contribution < -0.4 is 15.5 Å². The van der Waals surface area contributed by atoms with E-state index in [4.69, 9.17) is 23.8 Å². The van der Waals surface area contributed by atoms with Crippen LogP contribution in [-0.4, -0.2) is 77.6 Å². The maximum Gasteiger partial charge on any atom is 0.259 e. The maximum absolute atomic E-state index is 12.8. The number of fused-ring (bicyclic) bond motifs is 1. The Morgan fingerprint density at radius 2 is 1.98 bits per heavy atom. The van der Waals surface area contributed by atoms with Crippen LogP contribution in [0.15, 0.2) is 36.7 Å². The molecule has 3 heterocycles. The van der Waals surface area contributed by atoms with E-state index in [1.807, 2.05) is 30.0 Å². The Morgan fingerprint density at radius 1 is 1.24 bits per heavy atom. The predicted octanol–water partition coefficient (Wildman–Crippen LogP) is 4.73. The molecule has 41 heavy (non-hydrogen) atoms. The van der Waals surface area contributed by atoms with Gasteiger partial charge in [-0.1, -0.05) is 25.1 Å². The second-order valence-corrected chi connectivity index (χ2v) is 11.7. The lowest BCUT2D eigenvalue weighted by atomic mass is 10.1. The van der Waals surface area contributed by atoms with Crippen molar-refractivity contribution in [2.45, 2.75) is 84.1 Å². The van der Waals surface area contributed by atoms with Crippen molar-refractivity contribution in [3.63, 3.8) is 0 Å². The lowest BCUT2D eigenvalue weighted by molar-refractivity contribution is -0.00974. The smallest absolute Gasteiger partial charge is 0.259 e. The number of carbonyl (C=O) groups is 1. The fraction of sp³-hybridized carbons (Fsp3) is 0.571. The summed E-state index contributed by atoms with van der Waals surface area (Å²) in [4.78, 5) is 23.6. The number of ether oxygens (including phenoxy) is 2. The van der Waals surface area contributed by atoms with Gasteiger partial charge >= 0.3 is 0 Å². The monoisotopic (exact) mass is 585 g/mol. The van der Waals surface area contributed by atoms with Gasteiger partial charge in [-0.15, -0.1) is 0 Å². The maximum atomic E-state index is 12.8. The number of rotatable bonds is 13. The number of amides is 1. The fourth-order valence-electron chi connectivity index (χ4n) is 5.13. The number of nitrogens with zero attached hydrogens (tertiary/aromatic N) is 5. The summed E-state index contributed by atoms with van der Waals surface area (Å²) in [6.07, 6.45) is 0.731. The quantitative estimate of drug-likeness (QED) is 0.250. The molecule has 0 bridgehead atoms. The van der Waals surface area contributed by atoms with Gasteiger partial charge in [0.2, 0.25) is 0 Å². The predicted molar refractivity (Wildman–Crippen MR) is 157 cm³/mol. The van der Waals surface area contributed by atoms with Crippen LogP contribution in [0.3, 0.4) is 0 Å². The van der Waals surface area contributed by atoms with Gasteiger partial charge in [0, 0.05) is 24.8 Å². The second-order valence-electron chi connectivity index (χ2n) is 10.3. The van der Waals surface area contributed by atoms with Crippen LogP contribution in [0.25, 0.3) is 0 Å². The summed E-state index contributed by atoms with van der Waals surface area (Å²) in [5.74, 6) is 0.726. The summed E-state index contributed by atoms with van der Waals surface area (Å²) in [6, 6.07) is 11.4. The molecule has 13 heteroatoms. The van der Waals surface area contributed by atoms with Gasteiger partial charge in [0.25, 0.3) is 14.4 Å². The molecule has 5 unspecified atom stereocenters. The van der Waals surface area contributed by atoms with Gasteiger partial charge in [0.1, 0.15) is 24.2 Å². The van der Waals surface area contributed by atoms with Gasteiger partial charge in [-0.05, 0) is 46.2 Å². The summed E-state index contributed by atoms with van der Waals surface area (Å²) in [5.41, 5.74) is 1.14. The normalized spacial score (nSPS) is 22.6. The van der Waals surface area contributed by atoms with Crippen LogP contribution in [0.4, 0.5) is 17.3 Å². The van der Waals surface area contributed by atoms with E-state index in [1.54, 1.807) is 19.2 Å². The van der Waals surface area contributed by atoms with Crippen molar-refractivity contribution in [1.82, 2.24) is 14.6 Å². The number of nitriles is 1. The number of methoxy groups -OCH3 is 1. The molecule has 4 rings (SSSR count). The summed E-state index contributed by atoms with van der Waals surface area (Å²) in [5, 5.41) is 15.3. The average molecular weight is 586 g/mol. The third-order valence-corrected chi connectivity index (χ3v) is 9.06. The summed E-state index contributed by atoms with van der Waals surface area (Å²) in [6.45, 7) is 11.1. The van der Waals surface area contributed by atoms with Crippen molar-refractivity contribution in [2.24, 2.45) is 0 Å². The van der Waals surface area contributed by atoms with E-state index in [1.165, 1.54) is 6.33 Å². The summed E-state index contributed by atoms with van der Waals surface area (Å²) < 4.78 is 27.7. The van der Waals surface area contributed by atoms with Crippen molar-refractivity contribution >= 4 is 31.8 Å². The SMILES string of the molecule is CCC1OC(N2CNc3c(NC(=O)c4ccccc4)ncnc32)C(OC)C1OP(OCCC#N)N(C(C)C)C(C)C. The van der Waals surface area contributed by atoms with Crippen LogP contribution >= 0.6 is 8.53 Å². The number of benzene rings is 1. The van der Waals surface area contributed by atoms with E-state index >= 15 is 0 Å². The number of hydrogen-bond donors (Lipinski definition) is 2. The Balaban J connectivity index is 1.57. The Kier molecular flexibility index (Phi) is 10.8. The topological polar surface area (TPSA) is 134 Å². The van der Waals surface area contributed by atoms with E-state index in [0.29, 0.717) is 36.0 Å². The van der Waals surface area contributed by atoms with Crippen LogP contribution in [0.5, 0.6) is 0 Å². The van der Waals surface area contributed by atoms with Gasteiger partial charge in [-0.3, -0.25) is 4.79 Å². The molecule has 222 valence electrons. The minimum absolute atomic E-state index is 0.165. The highest BCUT2D eigenvalue weighted by molar-refractivity contribution is 7.44. The average Bonchev–Trinajstić information content (AvgIpc) is 3.54. The molecule has 0 spiro atoms. The molecule has 2 aliphatic heterocycles. The molecule has 1 fully saturated rings. The molecule has 12 nitrogen and oxygen atoms in total. The van der Waals surface area contributed by atoms with Crippen LogP contribution in [0.2, 0.25) is 0 Å². The molecule has 0 radical (unpaired) electrons. The van der Waals surface area contributed by atoms with Gasteiger partial charge in [0.15, 0.2) is 17.9 Å². The Labute approximate surface area is 243 Å². The van der Waals surface area contributed by atoms with Crippen molar-refractivity contribution in [1.29, 1.82) is 5.26 Å². The van der Waals surface area contributed by atoms with Crippen LogP contribution in [0, 0.1) is 11.3 Å². The number of carbonyl (C=O) groups excluding carboxylic acids is 1. The number of nitrogens with one attached hydrogen (secondary N) is 2. The highest BCUT2D eigenvalue weighted by Gasteiger charge is 2.51. The van der Waals surface area contributed by atoms with Crippen molar-refractivity contribution in [2.75, 3.05) is 35.9 Å². The van der Waals surface area contributed by atoms with Crippen molar-refractivity contribution < 1.29 is 23.3 Å². The largest absolute Gasteiger partial charge is 0.374 e. The Bertz CT molecular complexity index is 1190. The zero-order valence-electron chi connectivity index (χ0n) is 24.5. The third-order valence-electron chi connectivity index (χ3n) is 6.93. The Morgan fingerprint density at radius 3 is 2.61 bits per heavy atom. The fourth-order valence-corrected chi connectivity index (χ4v) is 6.90. The summed E-state index contributed by atoms with van der Waals surface area (Å²) in [7, 11) is 0.149. The molecular formula is C28H40N7O5P. The molecule has 2 aliphatic rings. The van der Waals surface area contributed by atoms with Gasteiger partial charge in [-0.2, -0.15) is 5.26 Å². The molecular weight excluding hydrogens is 545 g/mol. The zero-order valence-corrected chi connectivity index (χ0v) is 25.4. The molecule has 5 atom stereocenters. The van der Waals surface area contributed by atoms with Gasteiger partial charge in [0.05, 0.1) is 31.9 Å². The highest BCUT2D eigenvalue weighted by Crippen LogP contribution is 2.50. The number of aromatic nitrogens is 2. The Hall–Kier alpha value is -2.91. The molecule has 2 aromatic rings. The molecule has 1 saturated heterocycles. The molecule has 1 aromatic carbocycles. The number of hydrogen-bond acceptors (Lipinski definition) is 11. The molecule has 2 N–H and O–H groups in total. The van der Waals surface area contributed by atoms with E-state index in [0.717, 1.165) is 0 Å². The van der Waals surface area contributed by atoms with Gasteiger partial charge < -0.3 is 34.1 Å². The first-order valence-electron chi connectivity index (χ1n) is 14.0. The molecule has 0 saturated carbocycles. The minimum Gasteiger partial charge on any atom is -0.374 e. The van der Waals surface area contributed by atoms with Crippen molar-refractivity contribution in [3.8, 4) is 6.07 Å². The highest BCUT2D eigenvalue weighted by atomic mass is 31.2. The van der Waals surface area contributed by atoms with E-state index in [-0.39, 0.29) is 37.1 Å². The first-order valence-corrected chi connectivity index (χ1v) is 15.1. The second kappa shape index (κ2) is 14.3. The molecule has 1 aromatic heterocycles. The van der Waals surface area contributed by atoms with Crippen LogP contribution in [-0.2, 0) is 18.5 Å².